The average molecular weight is 297 g/mol. The fourth-order valence-corrected chi connectivity index (χ4v) is 3.38. The third-order valence-electron chi connectivity index (χ3n) is 2.75. The van der Waals surface area contributed by atoms with Gasteiger partial charge in [-0.3, -0.25) is 0 Å². The zero-order valence-corrected chi connectivity index (χ0v) is 13.1. The third kappa shape index (κ3) is 3.55. The molecule has 2 aromatic heterocycles. The summed E-state index contributed by atoms with van der Waals surface area (Å²) in [5.74, 6) is 0. The molecule has 0 aliphatic rings. The molecule has 0 saturated carbocycles. The van der Waals surface area contributed by atoms with Gasteiger partial charge < -0.3 is 5.32 Å². The second-order valence-corrected chi connectivity index (χ2v) is 6.18. The molecule has 2 rings (SSSR count). The standard InChI is InChI=1S/C12H19N5S2/c1-4-6-9-10(19-17-14-9)12-16-15-11(18-12)8(3)13-7-5-2/h8,13H,4-7H2,1-3H3. The second-order valence-electron chi connectivity index (χ2n) is 4.42. The van der Waals surface area contributed by atoms with Gasteiger partial charge in [0.2, 0.25) is 0 Å². The molecule has 1 N–H and O–H groups in total. The lowest BCUT2D eigenvalue weighted by Crippen LogP contribution is -2.18. The molecule has 104 valence electrons. The summed E-state index contributed by atoms with van der Waals surface area (Å²) in [5, 5.41) is 18.1. The molecular formula is C12H19N5S2. The molecule has 0 aliphatic carbocycles. The maximum Gasteiger partial charge on any atom is 0.161 e. The van der Waals surface area contributed by atoms with Crippen LogP contribution in [0.5, 0.6) is 0 Å². The van der Waals surface area contributed by atoms with Crippen molar-refractivity contribution in [1.29, 1.82) is 0 Å². The van der Waals surface area contributed by atoms with Gasteiger partial charge in [-0.25, -0.2) is 0 Å². The SMILES string of the molecule is CCCNC(C)c1nnc(-c2snnc2CCC)s1. The first kappa shape index (κ1) is 14.5. The summed E-state index contributed by atoms with van der Waals surface area (Å²) in [7, 11) is 0. The first-order valence-electron chi connectivity index (χ1n) is 6.64. The third-order valence-corrected chi connectivity index (χ3v) is 4.78. The molecule has 0 spiro atoms. The minimum absolute atomic E-state index is 0.252. The van der Waals surface area contributed by atoms with Crippen molar-refractivity contribution >= 4 is 22.9 Å². The molecule has 2 heterocycles. The van der Waals surface area contributed by atoms with Crippen LogP contribution in [0.25, 0.3) is 9.88 Å². The molecule has 7 heteroatoms. The normalized spacial score (nSPS) is 12.8. The van der Waals surface area contributed by atoms with E-state index in [2.05, 4.69) is 45.9 Å². The number of hydrogen-bond acceptors (Lipinski definition) is 7. The predicted octanol–water partition coefficient (Wildman–Crippen LogP) is 3.07. The molecule has 0 fully saturated rings. The van der Waals surface area contributed by atoms with Crippen molar-refractivity contribution in [3.05, 3.63) is 10.7 Å². The van der Waals surface area contributed by atoms with Gasteiger partial charge in [0, 0.05) is 0 Å². The smallest absolute Gasteiger partial charge is 0.161 e. The lowest BCUT2D eigenvalue weighted by atomic mass is 10.2. The summed E-state index contributed by atoms with van der Waals surface area (Å²) in [6, 6.07) is 0.252. The number of nitrogens with zero attached hydrogens (tertiary/aromatic N) is 4. The highest BCUT2D eigenvalue weighted by atomic mass is 32.1. The van der Waals surface area contributed by atoms with Crippen molar-refractivity contribution in [3.63, 3.8) is 0 Å². The lowest BCUT2D eigenvalue weighted by Gasteiger charge is -2.08. The van der Waals surface area contributed by atoms with Crippen LogP contribution in [-0.2, 0) is 6.42 Å². The number of hydrogen-bond donors (Lipinski definition) is 1. The summed E-state index contributed by atoms with van der Waals surface area (Å²) < 4.78 is 4.04. The monoisotopic (exact) mass is 297 g/mol. The summed E-state index contributed by atoms with van der Waals surface area (Å²) in [6.45, 7) is 7.42. The number of nitrogens with one attached hydrogen (secondary N) is 1. The van der Waals surface area contributed by atoms with Crippen LogP contribution in [0.2, 0.25) is 0 Å². The average Bonchev–Trinajstić information content (AvgIpc) is 3.04. The van der Waals surface area contributed by atoms with E-state index in [0.29, 0.717) is 0 Å². The number of rotatable bonds is 7. The highest BCUT2D eigenvalue weighted by Crippen LogP contribution is 2.31. The molecular weight excluding hydrogens is 278 g/mol. The number of aromatic nitrogens is 4. The molecule has 0 aliphatic heterocycles. The van der Waals surface area contributed by atoms with Gasteiger partial charge in [0.1, 0.15) is 9.88 Å². The molecule has 0 aromatic carbocycles. The van der Waals surface area contributed by atoms with Gasteiger partial charge in [-0.1, -0.05) is 36.1 Å². The minimum atomic E-state index is 0.252. The van der Waals surface area contributed by atoms with Crippen LogP contribution < -0.4 is 5.32 Å². The maximum absolute atomic E-state index is 4.29. The lowest BCUT2D eigenvalue weighted by molar-refractivity contribution is 0.564. The fourth-order valence-electron chi connectivity index (χ4n) is 1.72. The Morgan fingerprint density at radius 3 is 2.74 bits per heavy atom. The zero-order valence-electron chi connectivity index (χ0n) is 11.5. The van der Waals surface area contributed by atoms with Crippen molar-refractivity contribution in [2.75, 3.05) is 6.54 Å². The van der Waals surface area contributed by atoms with Crippen molar-refractivity contribution in [1.82, 2.24) is 25.1 Å². The van der Waals surface area contributed by atoms with E-state index in [1.807, 2.05) is 0 Å². The summed E-state index contributed by atoms with van der Waals surface area (Å²) >= 11 is 3.05. The molecule has 0 amide bonds. The Hall–Kier alpha value is -0.920. The Kier molecular flexibility index (Phi) is 5.35. The van der Waals surface area contributed by atoms with E-state index in [0.717, 1.165) is 46.4 Å². The van der Waals surface area contributed by atoms with Crippen molar-refractivity contribution < 1.29 is 0 Å². The van der Waals surface area contributed by atoms with E-state index in [-0.39, 0.29) is 6.04 Å². The molecule has 0 radical (unpaired) electrons. The fraction of sp³-hybridized carbons (Fsp3) is 0.667. The van der Waals surface area contributed by atoms with Crippen LogP contribution in [0.4, 0.5) is 0 Å². The van der Waals surface area contributed by atoms with E-state index in [1.165, 1.54) is 11.5 Å². The van der Waals surface area contributed by atoms with Crippen LogP contribution in [0.1, 0.15) is 50.4 Å². The van der Waals surface area contributed by atoms with Crippen LogP contribution in [0.3, 0.4) is 0 Å². The van der Waals surface area contributed by atoms with E-state index < -0.39 is 0 Å². The van der Waals surface area contributed by atoms with Gasteiger partial charge in [-0.2, -0.15) is 0 Å². The minimum Gasteiger partial charge on any atom is -0.308 e. The van der Waals surface area contributed by atoms with Gasteiger partial charge in [0.25, 0.3) is 0 Å². The van der Waals surface area contributed by atoms with Gasteiger partial charge in [0.05, 0.1) is 11.7 Å². The van der Waals surface area contributed by atoms with E-state index >= 15 is 0 Å². The van der Waals surface area contributed by atoms with Crippen molar-refractivity contribution in [2.45, 2.75) is 46.1 Å². The molecule has 1 unspecified atom stereocenters. The Bertz CT molecular complexity index is 508. The topological polar surface area (TPSA) is 63.6 Å². The van der Waals surface area contributed by atoms with Crippen LogP contribution in [0, 0.1) is 0 Å². The van der Waals surface area contributed by atoms with E-state index in [4.69, 9.17) is 0 Å². The van der Waals surface area contributed by atoms with Gasteiger partial charge >= 0.3 is 0 Å². The number of aryl methyl sites for hydroxylation is 1. The highest BCUT2D eigenvalue weighted by molar-refractivity contribution is 7.19. The van der Waals surface area contributed by atoms with E-state index in [1.54, 1.807) is 11.3 Å². The Morgan fingerprint density at radius 2 is 2.00 bits per heavy atom. The second kappa shape index (κ2) is 7.02. The molecule has 5 nitrogen and oxygen atoms in total. The Labute approximate surface area is 121 Å². The quantitative estimate of drug-likeness (QED) is 0.851. The first-order chi connectivity index (χ1) is 9.26. The highest BCUT2D eigenvalue weighted by Gasteiger charge is 2.17. The first-order valence-corrected chi connectivity index (χ1v) is 8.23. The van der Waals surface area contributed by atoms with Gasteiger partial charge in [0.15, 0.2) is 5.01 Å². The summed E-state index contributed by atoms with van der Waals surface area (Å²) in [5.41, 5.74) is 1.05. The molecule has 0 bridgehead atoms. The Balaban J connectivity index is 2.13. The molecule has 19 heavy (non-hydrogen) atoms. The van der Waals surface area contributed by atoms with Gasteiger partial charge in [-0.15, -0.1) is 15.3 Å². The van der Waals surface area contributed by atoms with Crippen LogP contribution >= 0.6 is 22.9 Å². The van der Waals surface area contributed by atoms with Crippen LogP contribution in [-0.4, -0.2) is 26.3 Å². The Morgan fingerprint density at radius 1 is 1.16 bits per heavy atom. The van der Waals surface area contributed by atoms with Crippen molar-refractivity contribution in [3.8, 4) is 9.88 Å². The molecule has 1 atom stereocenters. The molecule has 0 saturated heterocycles. The predicted molar refractivity (Wildman–Crippen MR) is 79.5 cm³/mol. The summed E-state index contributed by atoms with van der Waals surface area (Å²) in [6.07, 6.45) is 3.14. The summed E-state index contributed by atoms with van der Waals surface area (Å²) in [4.78, 5) is 1.08. The maximum atomic E-state index is 4.29. The van der Waals surface area contributed by atoms with Crippen molar-refractivity contribution in [2.24, 2.45) is 0 Å². The zero-order chi connectivity index (χ0) is 13.7. The molecule has 2 aromatic rings. The van der Waals surface area contributed by atoms with E-state index in [9.17, 15) is 0 Å². The van der Waals surface area contributed by atoms with Crippen LogP contribution in [0.15, 0.2) is 0 Å². The largest absolute Gasteiger partial charge is 0.308 e. The van der Waals surface area contributed by atoms with Gasteiger partial charge in [-0.05, 0) is 37.8 Å².